The fourth-order valence-electron chi connectivity index (χ4n) is 1.85. The molecule has 6 N–H and O–H groups in total. The van der Waals surface area contributed by atoms with E-state index in [-0.39, 0.29) is 0 Å². The Morgan fingerprint density at radius 3 is 1.94 bits per heavy atom. The molecule has 0 saturated carbocycles. The van der Waals surface area contributed by atoms with Gasteiger partial charge in [-0.2, -0.15) is 0 Å². The summed E-state index contributed by atoms with van der Waals surface area (Å²) in [7, 11) is 0. The molecular formula is C10H18N2O6. The lowest BCUT2D eigenvalue weighted by Gasteiger charge is -2.06. The van der Waals surface area contributed by atoms with Crippen LogP contribution in [0.2, 0.25) is 0 Å². The van der Waals surface area contributed by atoms with Gasteiger partial charge in [0.1, 0.15) is 12.1 Å². The van der Waals surface area contributed by atoms with E-state index in [2.05, 4.69) is 10.6 Å². The maximum atomic E-state index is 10.2. The molecule has 2 fully saturated rings. The van der Waals surface area contributed by atoms with E-state index in [1.165, 1.54) is 0 Å². The maximum absolute atomic E-state index is 10.2. The molecule has 0 spiro atoms. The number of aliphatic carboxylic acids is 2. The lowest BCUT2D eigenvalue weighted by Crippen LogP contribution is -2.38. The van der Waals surface area contributed by atoms with Gasteiger partial charge in [-0.25, -0.2) is 0 Å². The fourth-order valence-corrected chi connectivity index (χ4v) is 1.85. The number of rotatable bonds is 2. The van der Waals surface area contributed by atoms with Crippen molar-refractivity contribution in [3.05, 3.63) is 0 Å². The van der Waals surface area contributed by atoms with Crippen LogP contribution in [-0.4, -0.2) is 69.7 Å². The zero-order valence-corrected chi connectivity index (χ0v) is 9.74. The summed E-state index contributed by atoms with van der Waals surface area (Å²) < 4.78 is 0. The van der Waals surface area contributed by atoms with Crippen LogP contribution in [0.3, 0.4) is 0 Å². The second kappa shape index (κ2) is 6.64. The topological polar surface area (TPSA) is 139 Å². The van der Waals surface area contributed by atoms with Gasteiger partial charge in [-0.1, -0.05) is 0 Å². The monoisotopic (exact) mass is 262 g/mol. The molecule has 8 heteroatoms. The molecule has 0 bridgehead atoms. The van der Waals surface area contributed by atoms with Gasteiger partial charge in [0.25, 0.3) is 0 Å². The number of aliphatic hydroxyl groups is 2. The van der Waals surface area contributed by atoms with E-state index in [9.17, 15) is 9.59 Å². The van der Waals surface area contributed by atoms with Crippen LogP contribution in [0.5, 0.6) is 0 Å². The second-order valence-corrected chi connectivity index (χ2v) is 4.31. The first-order valence-electron chi connectivity index (χ1n) is 5.70. The van der Waals surface area contributed by atoms with Crippen LogP contribution in [0, 0.1) is 0 Å². The number of aliphatic hydroxyl groups excluding tert-OH is 2. The molecule has 2 unspecified atom stereocenters. The number of carboxylic acids is 2. The molecule has 104 valence electrons. The van der Waals surface area contributed by atoms with Crippen molar-refractivity contribution in [2.45, 2.75) is 37.1 Å². The third-order valence-corrected chi connectivity index (χ3v) is 2.86. The van der Waals surface area contributed by atoms with Crippen molar-refractivity contribution in [2.75, 3.05) is 13.1 Å². The van der Waals surface area contributed by atoms with Gasteiger partial charge < -0.3 is 31.1 Å². The Hall–Kier alpha value is -1.22. The normalized spacial score (nSPS) is 34.8. The third-order valence-electron chi connectivity index (χ3n) is 2.86. The molecule has 8 nitrogen and oxygen atoms in total. The number of carboxylic acid groups (broad SMARTS) is 2. The van der Waals surface area contributed by atoms with Crippen LogP contribution in [0.25, 0.3) is 0 Å². The molecule has 4 atom stereocenters. The van der Waals surface area contributed by atoms with E-state index < -0.39 is 36.2 Å². The van der Waals surface area contributed by atoms with Crippen LogP contribution in [-0.2, 0) is 9.59 Å². The lowest BCUT2D eigenvalue weighted by molar-refractivity contribution is -0.141. The number of β-amino-alcohol motifs (C(OH)–C–C–N with tert-alkyl or cyclic N) is 1. The second-order valence-electron chi connectivity index (χ2n) is 4.31. The summed E-state index contributed by atoms with van der Waals surface area (Å²) in [6.07, 6.45) is -0.319. The van der Waals surface area contributed by atoms with Crippen LogP contribution < -0.4 is 10.6 Å². The molecule has 18 heavy (non-hydrogen) atoms. The predicted molar refractivity (Wildman–Crippen MR) is 60.1 cm³/mol. The predicted octanol–water partition coefficient (Wildman–Crippen LogP) is -2.41. The van der Waals surface area contributed by atoms with Crippen LogP contribution in [0.4, 0.5) is 0 Å². The zero-order chi connectivity index (χ0) is 13.7. The summed E-state index contributed by atoms with van der Waals surface area (Å²) in [6, 6.07) is -1.29. The van der Waals surface area contributed by atoms with Gasteiger partial charge in [0.2, 0.25) is 0 Å². The van der Waals surface area contributed by atoms with Gasteiger partial charge in [0, 0.05) is 13.0 Å². The molecule has 2 aliphatic rings. The van der Waals surface area contributed by atoms with Crippen molar-refractivity contribution >= 4 is 11.9 Å². The molecule has 0 aromatic carbocycles. The Labute approximate surface area is 104 Å². The van der Waals surface area contributed by atoms with Gasteiger partial charge in [-0.05, 0) is 13.0 Å². The summed E-state index contributed by atoms with van der Waals surface area (Å²) in [5.41, 5.74) is 0. The number of hydrogen-bond donors (Lipinski definition) is 6. The van der Waals surface area contributed by atoms with E-state index in [0.29, 0.717) is 25.9 Å². The first-order valence-corrected chi connectivity index (χ1v) is 5.70. The Morgan fingerprint density at radius 2 is 1.72 bits per heavy atom. The Bertz CT molecular complexity index is 311. The van der Waals surface area contributed by atoms with E-state index in [1.807, 2.05) is 0 Å². The molecule has 2 rings (SSSR count). The quantitative estimate of drug-likeness (QED) is 0.323. The Kier molecular flexibility index (Phi) is 5.48. The highest BCUT2D eigenvalue weighted by Gasteiger charge is 2.30. The average molecular weight is 262 g/mol. The third kappa shape index (κ3) is 4.22. The van der Waals surface area contributed by atoms with Gasteiger partial charge in [0.15, 0.2) is 0 Å². The average Bonchev–Trinajstić information content (AvgIpc) is 2.87. The van der Waals surface area contributed by atoms with Gasteiger partial charge >= 0.3 is 11.9 Å². The molecule has 0 radical (unpaired) electrons. The Morgan fingerprint density at radius 1 is 1.06 bits per heavy atom. The minimum atomic E-state index is -0.972. The summed E-state index contributed by atoms with van der Waals surface area (Å²) >= 11 is 0. The summed E-state index contributed by atoms with van der Waals surface area (Å²) in [6.45, 7) is 0.995. The molecule has 2 saturated heterocycles. The van der Waals surface area contributed by atoms with Gasteiger partial charge in [-0.15, -0.1) is 0 Å². The highest BCUT2D eigenvalue weighted by molar-refractivity contribution is 5.74. The van der Waals surface area contributed by atoms with Crippen molar-refractivity contribution < 1.29 is 30.0 Å². The SMILES string of the molecule is O=C(O)[C@@H]1CC(O)CN1.O=C(O)[C@H]1NCCC1O. The lowest BCUT2D eigenvalue weighted by atomic mass is 10.2. The van der Waals surface area contributed by atoms with Crippen molar-refractivity contribution in [1.29, 1.82) is 0 Å². The summed E-state index contributed by atoms with van der Waals surface area (Å²) in [5.74, 6) is -1.86. The van der Waals surface area contributed by atoms with Crippen LogP contribution >= 0.6 is 0 Å². The van der Waals surface area contributed by atoms with E-state index in [1.54, 1.807) is 0 Å². The molecule has 0 aromatic rings. The number of hydrogen-bond acceptors (Lipinski definition) is 6. The van der Waals surface area contributed by atoms with Gasteiger partial charge in [0.05, 0.1) is 12.2 Å². The minimum absolute atomic E-state index is 0.329. The van der Waals surface area contributed by atoms with E-state index in [0.717, 1.165) is 0 Å². The van der Waals surface area contributed by atoms with Crippen molar-refractivity contribution in [2.24, 2.45) is 0 Å². The van der Waals surface area contributed by atoms with Crippen molar-refractivity contribution in [3.63, 3.8) is 0 Å². The van der Waals surface area contributed by atoms with E-state index >= 15 is 0 Å². The molecule has 0 aromatic heterocycles. The van der Waals surface area contributed by atoms with Crippen molar-refractivity contribution in [3.8, 4) is 0 Å². The molecule has 2 aliphatic heterocycles. The Balaban J connectivity index is 0.000000180. The van der Waals surface area contributed by atoms with Crippen LogP contribution in [0.1, 0.15) is 12.8 Å². The number of carbonyl (C=O) groups is 2. The summed E-state index contributed by atoms with van der Waals surface area (Å²) in [4.78, 5) is 20.4. The van der Waals surface area contributed by atoms with Gasteiger partial charge in [-0.3, -0.25) is 9.59 Å². The maximum Gasteiger partial charge on any atom is 0.323 e. The first-order chi connectivity index (χ1) is 8.41. The smallest absolute Gasteiger partial charge is 0.323 e. The largest absolute Gasteiger partial charge is 0.480 e. The fraction of sp³-hybridized carbons (Fsp3) is 0.800. The highest BCUT2D eigenvalue weighted by atomic mass is 16.4. The zero-order valence-electron chi connectivity index (χ0n) is 9.74. The minimum Gasteiger partial charge on any atom is -0.480 e. The van der Waals surface area contributed by atoms with Crippen molar-refractivity contribution in [1.82, 2.24) is 10.6 Å². The molecule has 2 heterocycles. The molecule has 0 amide bonds. The number of nitrogens with one attached hydrogen (secondary N) is 2. The highest BCUT2D eigenvalue weighted by Crippen LogP contribution is 2.06. The standard InChI is InChI=1S/2C5H9NO3/c7-3-1-4(5(8)9)6-2-3;7-3-1-2-6-4(3)5(8)9/h2*3-4,6-7H,1-2H2,(H,8,9)/t2*3?,4-/m00/s1. The van der Waals surface area contributed by atoms with E-state index in [4.69, 9.17) is 20.4 Å². The molecule has 0 aliphatic carbocycles. The molecular weight excluding hydrogens is 244 g/mol. The summed E-state index contributed by atoms with van der Waals surface area (Å²) in [5, 5.41) is 39.8. The van der Waals surface area contributed by atoms with Crippen LogP contribution in [0.15, 0.2) is 0 Å². The first kappa shape index (κ1) is 14.8.